The van der Waals surface area contributed by atoms with Gasteiger partial charge >= 0.3 is 0 Å². The number of fused-ring (bicyclic) bond motifs is 12. The van der Waals surface area contributed by atoms with E-state index in [0.717, 1.165) is 146 Å². The molecule has 0 N–H and O–H groups in total. The number of nitrogens with zero attached hydrogens (tertiary/aromatic N) is 10. The molecule has 636 valence electrons. The van der Waals surface area contributed by atoms with Gasteiger partial charge in [0.2, 0.25) is 0 Å². The molecule has 0 saturated carbocycles. The van der Waals surface area contributed by atoms with Crippen LogP contribution in [0.15, 0.2) is 498 Å². The van der Waals surface area contributed by atoms with Crippen molar-refractivity contribution in [2.45, 2.75) is 0 Å². The summed E-state index contributed by atoms with van der Waals surface area (Å²) >= 11 is 0. The van der Waals surface area contributed by atoms with Gasteiger partial charge in [-0.1, -0.05) is 309 Å². The predicted molar refractivity (Wildman–Crippen MR) is 562 cm³/mol. The number of hydrogen-bond donors (Lipinski definition) is 0. The standard InChI is InChI=1S/C64H42N4.C62H40N6/c1-5-17-43(18-6-1)49-37-50(44-19-7-2-8-20-44)39-51(38-49)59-42-58(65-64(66-59)46-21-9-3-10-22-46)45-29-33-53(34-30-45)68-61-28-16-14-26-55(61)57-41-48(32-36-63(57)68)47-31-35-62-56(40-47)54-25-13-15-27-60(54)67(62)52-23-11-4-12-24-52;1-2-12-48(13-3-1)67-58-18-6-4-14-50(58)52-38-46(30-34-60(52)67)47-31-35-61-53(39-47)51-15-5-7-19-59(51)68(61)49-32-28-44(29-33-49)57-40-56(43-22-20-41(21-23-43)54-16-8-10-36-63-54)65-62(66-57)45-26-24-42(25-27-45)55-17-9-11-37-64-55/h1-42H;1-40H. The fourth-order valence-electron chi connectivity index (χ4n) is 19.8. The van der Waals surface area contributed by atoms with Crippen LogP contribution in [-0.4, -0.2) is 48.2 Å². The van der Waals surface area contributed by atoms with Crippen molar-refractivity contribution in [3.63, 3.8) is 0 Å². The van der Waals surface area contributed by atoms with E-state index in [4.69, 9.17) is 19.9 Å². The molecule has 0 unspecified atom stereocenters. The zero-order valence-corrected chi connectivity index (χ0v) is 73.8. The molecule has 10 heteroatoms. The van der Waals surface area contributed by atoms with E-state index in [1.54, 1.807) is 0 Å². The lowest BCUT2D eigenvalue weighted by Gasteiger charge is -2.14. The molecule has 26 aromatic rings. The molecule has 10 nitrogen and oxygen atoms in total. The summed E-state index contributed by atoms with van der Waals surface area (Å²) in [6, 6.07) is 172. The molecule has 136 heavy (non-hydrogen) atoms. The number of pyridine rings is 2. The lowest BCUT2D eigenvalue weighted by molar-refractivity contribution is 1.17. The van der Waals surface area contributed by atoms with Crippen molar-refractivity contribution >= 4 is 87.2 Å². The third-order valence-corrected chi connectivity index (χ3v) is 26.4. The quantitative estimate of drug-likeness (QED) is 0.0956. The molecule has 0 bridgehead atoms. The molecule has 0 aliphatic heterocycles. The predicted octanol–water partition coefficient (Wildman–Crippen LogP) is 32.1. The minimum absolute atomic E-state index is 0.655. The van der Waals surface area contributed by atoms with Gasteiger partial charge in [0.15, 0.2) is 11.6 Å². The number of aromatic nitrogens is 10. The van der Waals surface area contributed by atoms with Gasteiger partial charge in [0.05, 0.1) is 78.3 Å². The molecular weight excluding hydrogens is 1650 g/mol. The van der Waals surface area contributed by atoms with Gasteiger partial charge < -0.3 is 18.3 Å². The molecule has 0 aliphatic carbocycles. The van der Waals surface area contributed by atoms with Crippen LogP contribution in [0, 0.1) is 0 Å². The zero-order valence-electron chi connectivity index (χ0n) is 73.8. The lowest BCUT2D eigenvalue weighted by Crippen LogP contribution is -1.97. The number of para-hydroxylation sites is 6. The van der Waals surface area contributed by atoms with Gasteiger partial charge in [-0.15, -0.1) is 0 Å². The number of benzene rings is 18. The van der Waals surface area contributed by atoms with E-state index in [1.165, 1.54) is 87.4 Å². The second-order valence-corrected chi connectivity index (χ2v) is 34.5. The van der Waals surface area contributed by atoms with Crippen LogP contribution in [0.2, 0.25) is 0 Å². The summed E-state index contributed by atoms with van der Waals surface area (Å²) in [6.45, 7) is 0. The summed E-state index contributed by atoms with van der Waals surface area (Å²) in [4.78, 5) is 29.9. The molecule has 8 heterocycles. The highest BCUT2D eigenvalue weighted by molar-refractivity contribution is 6.15. The Balaban J connectivity index is 0.000000145. The first-order valence-electron chi connectivity index (χ1n) is 46.0. The van der Waals surface area contributed by atoms with Crippen LogP contribution in [0.25, 0.3) is 245 Å². The molecule has 0 aliphatic rings. The highest BCUT2D eigenvalue weighted by Gasteiger charge is 2.23. The van der Waals surface area contributed by atoms with Gasteiger partial charge in [-0.25, -0.2) is 19.9 Å². The van der Waals surface area contributed by atoms with E-state index < -0.39 is 0 Å². The van der Waals surface area contributed by atoms with Crippen molar-refractivity contribution in [2.75, 3.05) is 0 Å². The van der Waals surface area contributed by atoms with Crippen molar-refractivity contribution in [3.05, 3.63) is 498 Å². The van der Waals surface area contributed by atoms with Crippen molar-refractivity contribution < 1.29 is 0 Å². The van der Waals surface area contributed by atoms with Crippen LogP contribution in [0.3, 0.4) is 0 Å². The monoisotopic (exact) mass is 1730 g/mol. The maximum atomic E-state index is 5.25. The second-order valence-electron chi connectivity index (χ2n) is 34.5. The SMILES string of the molecule is c1ccc(-c2cc(-c3ccccc3)cc(-c3cc(-c4ccc(-n5c6ccccc6c6cc(-c7ccc8c(c7)c7ccccc7n8-c7ccccc7)ccc65)cc4)nc(-c4ccccc4)n3)c2)cc1.c1ccc(-n2c3ccccc3c3cc(-c4ccc5c(c4)c4ccccc4n5-c4ccc(-c5cc(-c6ccc(-c7ccccn7)cc6)nc(-c6ccc(-c7ccccn7)cc6)n5)cc4)ccc32)cc1. The van der Waals surface area contributed by atoms with E-state index in [0.29, 0.717) is 11.6 Å². The average molecular weight is 1740 g/mol. The fraction of sp³-hybridized carbons (Fsp3) is 0. The Morgan fingerprint density at radius 3 is 0.669 bits per heavy atom. The van der Waals surface area contributed by atoms with Gasteiger partial charge in [-0.05, 0) is 220 Å². The molecule has 0 saturated heterocycles. The first kappa shape index (κ1) is 79.8. The Labute approximate surface area is 785 Å². The first-order chi connectivity index (χ1) is 67.4. The summed E-state index contributed by atoms with van der Waals surface area (Å²) in [5, 5.41) is 9.84. The largest absolute Gasteiger partial charge is 0.309 e. The lowest BCUT2D eigenvalue weighted by atomic mass is 9.94. The minimum Gasteiger partial charge on any atom is -0.309 e. The highest BCUT2D eigenvalue weighted by atomic mass is 15.0. The Morgan fingerprint density at radius 1 is 0.125 bits per heavy atom. The van der Waals surface area contributed by atoms with Crippen LogP contribution in [0.4, 0.5) is 0 Å². The molecule has 18 aromatic carbocycles. The molecule has 0 atom stereocenters. The normalized spacial score (nSPS) is 11.5. The van der Waals surface area contributed by atoms with Crippen molar-refractivity contribution in [1.29, 1.82) is 0 Å². The van der Waals surface area contributed by atoms with E-state index in [-0.39, 0.29) is 0 Å². The third kappa shape index (κ3) is 14.7. The summed E-state index contributed by atoms with van der Waals surface area (Å²) < 4.78 is 9.49. The second kappa shape index (κ2) is 34.2. The van der Waals surface area contributed by atoms with Crippen LogP contribution in [0.5, 0.6) is 0 Å². The van der Waals surface area contributed by atoms with Crippen molar-refractivity contribution in [2.24, 2.45) is 0 Å². The molecule has 8 aromatic heterocycles. The summed E-state index contributed by atoms with van der Waals surface area (Å²) in [5.41, 5.74) is 36.6. The van der Waals surface area contributed by atoms with Gasteiger partial charge in [0.1, 0.15) is 0 Å². The van der Waals surface area contributed by atoms with Crippen LogP contribution in [-0.2, 0) is 0 Å². The van der Waals surface area contributed by atoms with Crippen LogP contribution < -0.4 is 0 Å². The topological polar surface area (TPSA) is 97.1 Å². The fourth-order valence-corrected chi connectivity index (χ4v) is 19.8. The minimum atomic E-state index is 0.655. The summed E-state index contributed by atoms with van der Waals surface area (Å²) in [6.07, 6.45) is 3.64. The zero-order chi connectivity index (χ0) is 89.9. The van der Waals surface area contributed by atoms with Crippen LogP contribution >= 0.6 is 0 Å². The van der Waals surface area contributed by atoms with Crippen molar-refractivity contribution in [3.8, 4) is 158 Å². The molecule has 0 amide bonds. The smallest absolute Gasteiger partial charge is 0.160 e. The first-order valence-corrected chi connectivity index (χ1v) is 46.0. The molecule has 26 rings (SSSR count). The highest BCUT2D eigenvalue weighted by Crippen LogP contribution is 2.44. The molecule has 0 fully saturated rings. The number of hydrogen-bond acceptors (Lipinski definition) is 6. The molecule has 0 radical (unpaired) electrons. The van der Waals surface area contributed by atoms with Gasteiger partial charge in [0.25, 0.3) is 0 Å². The Kier molecular flexibility index (Phi) is 20.0. The van der Waals surface area contributed by atoms with Crippen LogP contribution in [0.1, 0.15) is 0 Å². The molecule has 0 spiro atoms. The average Bonchev–Trinajstić information content (AvgIpc) is 1.57. The summed E-state index contributed by atoms with van der Waals surface area (Å²) in [5.74, 6) is 1.34. The van der Waals surface area contributed by atoms with E-state index in [9.17, 15) is 0 Å². The Hall–Kier alpha value is -18.4. The van der Waals surface area contributed by atoms with Crippen molar-refractivity contribution in [1.82, 2.24) is 48.2 Å². The number of rotatable bonds is 16. The Bertz CT molecular complexity index is 8850. The van der Waals surface area contributed by atoms with E-state index in [1.807, 2.05) is 67.0 Å². The van der Waals surface area contributed by atoms with E-state index >= 15 is 0 Å². The maximum Gasteiger partial charge on any atom is 0.160 e. The van der Waals surface area contributed by atoms with Gasteiger partial charge in [0, 0.05) is 123 Å². The van der Waals surface area contributed by atoms with Gasteiger partial charge in [-0.3, -0.25) is 9.97 Å². The molecular formula is C126H82N10. The van der Waals surface area contributed by atoms with E-state index in [2.05, 4.69) is 459 Å². The third-order valence-electron chi connectivity index (χ3n) is 26.4. The maximum absolute atomic E-state index is 5.25. The summed E-state index contributed by atoms with van der Waals surface area (Å²) in [7, 11) is 0. The van der Waals surface area contributed by atoms with Gasteiger partial charge in [-0.2, -0.15) is 0 Å². The Morgan fingerprint density at radius 2 is 0.353 bits per heavy atom.